The lowest BCUT2D eigenvalue weighted by Gasteiger charge is -2.14. The number of ether oxygens (including phenoxy) is 2. The van der Waals surface area contributed by atoms with E-state index in [9.17, 15) is 4.79 Å². The minimum Gasteiger partial charge on any atom is -0.491 e. The Labute approximate surface area is 118 Å². The van der Waals surface area contributed by atoms with E-state index in [1.165, 1.54) is 0 Å². The van der Waals surface area contributed by atoms with Gasteiger partial charge in [0.15, 0.2) is 6.10 Å². The predicted molar refractivity (Wildman–Crippen MR) is 76.2 cm³/mol. The molecule has 1 aliphatic rings. The molecule has 1 aromatic rings. The zero-order valence-electron chi connectivity index (χ0n) is 11.8. The first-order valence-corrected chi connectivity index (χ1v) is 6.93. The van der Waals surface area contributed by atoms with Gasteiger partial charge in [0.05, 0.1) is 12.2 Å². The van der Waals surface area contributed by atoms with Crippen molar-refractivity contribution in [3.63, 3.8) is 0 Å². The molecule has 1 saturated heterocycles. The minimum absolute atomic E-state index is 0.0392. The second-order valence-corrected chi connectivity index (χ2v) is 5.23. The van der Waals surface area contributed by atoms with Gasteiger partial charge in [-0.15, -0.1) is 0 Å². The van der Waals surface area contributed by atoms with Crippen LogP contribution in [0.1, 0.15) is 26.7 Å². The Kier molecular flexibility index (Phi) is 4.84. The molecule has 0 radical (unpaired) electrons. The van der Waals surface area contributed by atoms with Gasteiger partial charge in [-0.1, -0.05) is 0 Å². The summed E-state index contributed by atoms with van der Waals surface area (Å²) < 4.78 is 11.0. The van der Waals surface area contributed by atoms with Gasteiger partial charge in [0.25, 0.3) is 0 Å². The first-order chi connectivity index (χ1) is 9.54. The summed E-state index contributed by atoms with van der Waals surface area (Å²) in [5.74, 6) is -0.0312. The fourth-order valence-corrected chi connectivity index (χ4v) is 2.19. The molecule has 0 saturated carbocycles. The van der Waals surface area contributed by atoms with Gasteiger partial charge in [-0.3, -0.25) is 0 Å². The molecule has 2 unspecified atom stereocenters. The van der Waals surface area contributed by atoms with Crippen molar-refractivity contribution in [1.82, 2.24) is 0 Å². The van der Waals surface area contributed by atoms with Gasteiger partial charge in [0.1, 0.15) is 5.75 Å². The molecule has 0 amide bonds. The molecule has 1 aliphatic heterocycles. The molecule has 1 fully saturated rings. The van der Waals surface area contributed by atoms with Crippen LogP contribution in [-0.2, 0) is 9.53 Å². The van der Waals surface area contributed by atoms with E-state index in [-0.39, 0.29) is 12.2 Å². The second-order valence-electron chi connectivity index (χ2n) is 5.23. The SMILES string of the molecule is CC(C)Oc1ccc(NCC2CCC(C(=O)O)O2)cc1. The van der Waals surface area contributed by atoms with Gasteiger partial charge in [-0.25, -0.2) is 4.79 Å². The maximum atomic E-state index is 10.8. The Morgan fingerprint density at radius 3 is 2.65 bits per heavy atom. The van der Waals surface area contributed by atoms with Crippen molar-refractivity contribution in [3.05, 3.63) is 24.3 Å². The molecule has 2 N–H and O–H groups in total. The fraction of sp³-hybridized carbons (Fsp3) is 0.533. The number of nitrogens with one attached hydrogen (secondary N) is 1. The quantitative estimate of drug-likeness (QED) is 0.837. The van der Waals surface area contributed by atoms with Gasteiger partial charge in [-0.05, 0) is 51.0 Å². The van der Waals surface area contributed by atoms with E-state index < -0.39 is 12.1 Å². The summed E-state index contributed by atoms with van der Waals surface area (Å²) in [5.41, 5.74) is 0.975. The number of anilines is 1. The molecule has 0 aliphatic carbocycles. The number of benzene rings is 1. The number of carboxylic acid groups (broad SMARTS) is 1. The van der Waals surface area contributed by atoms with E-state index >= 15 is 0 Å². The molecule has 0 aromatic heterocycles. The highest BCUT2D eigenvalue weighted by Gasteiger charge is 2.30. The third kappa shape index (κ3) is 4.13. The molecule has 1 aromatic carbocycles. The Balaban J connectivity index is 1.78. The van der Waals surface area contributed by atoms with Crippen molar-refractivity contribution >= 4 is 11.7 Å². The molecule has 110 valence electrons. The molecule has 20 heavy (non-hydrogen) atoms. The summed E-state index contributed by atoms with van der Waals surface area (Å²) in [4.78, 5) is 10.8. The van der Waals surface area contributed by atoms with E-state index in [2.05, 4.69) is 5.32 Å². The van der Waals surface area contributed by atoms with Crippen molar-refractivity contribution in [2.75, 3.05) is 11.9 Å². The van der Waals surface area contributed by atoms with Crippen LogP contribution >= 0.6 is 0 Å². The van der Waals surface area contributed by atoms with E-state index in [1.807, 2.05) is 38.1 Å². The van der Waals surface area contributed by atoms with Crippen molar-refractivity contribution in [1.29, 1.82) is 0 Å². The smallest absolute Gasteiger partial charge is 0.332 e. The average molecular weight is 279 g/mol. The maximum Gasteiger partial charge on any atom is 0.332 e. The number of hydrogen-bond acceptors (Lipinski definition) is 4. The first-order valence-electron chi connectivity index (χ1n) is 6.93. The van der Waals surface area contributed by atoms with E-state index in [0.717, 1.165) is 17.9 Å². The zero-order chi connectivity index (χ0) is 14.5. The monoisotopic (exact) mass is 279 g/mol. The predicted octanol–water partition coefficient (Wildman–Crippen LogP) is 2.52. The van der Waals surface area contributed by atoms with Crippen LogP contribution in [0.5, 0.6) is 5.75 Å². The Bertz CT molecular complexity index is 444. The number of rotatable bonds is 6. The summed E-state index contributed by atoms with van der Waals surface area (Å²) in [7, 11) is 0. The minimum atomic E-state index is -0.873. The summed E-state index contributed by atoms with van der Waals surface area (Å²) in [6.45, 7) is 4.60. The summed E-state index contributed by atoms with van der Waals surface area (Å²) in [6, 6.07) is 7.72. The second kappa shape index (κ2) is 6.61. The number of carboxylic acids is 1. The van der Waals surface area contributed by atoms with Crippen LogP contribution < -0.4 is 10.1 Å². The number of hydrogen-bond donors (Lipinski definition) is 2. The number of carbonyl (C=O) groups is 1. The van der Waals surface area contributed by atoms with Crippen molar-refractivity contribution in [2.24, 2.45) is 0 Å². The van der Waals surface area contributed by atoms with Crippen LogP contribution in [0.4, 0.5) is 5.69 Å². The van der Waals surface area contributed by atoms with Crippen molar-refractivity contribution in [3.8, 4) is 5.75 Å². The average Bonchev–Trinajstić information content (AvgIpc) is 2.86. The number of aliphatic carboxylic acids is 1. The maximum absolute atomic E-state index is 10.8. The third-order valence-electron chi connectivity index (χ3n) is 3.14. The lowest BCUT2D eigenvalue weighted by molar-refractivity contribution is -0.149. The highest BCUT2D eigenvalue weighted by atomic mass is 16.5. The highest BCUT2D eigenvalue weighted by Crippen LogP contribution is 2.21. The third-order valence-corrected chi connectivity index (χ3v) is 3.14. The molecular formula is C15H21NO4. The van der Waals surface area contributed by atoms with Gasteiger partial charge in [0, 0.05) is 12.2 Å². The van der Waals surface area contributed by atoms with Crippen molar-refractivity contribution < 1.29 is 19.4 Å². The van der Waals surface area contributed by atoms with Gasteiger partial charge in [-0.2, -0.15) is 0 Å². The molecule has 5 nitrogen and oxygen atoms in total. The van der Waals surface area contributed by atoms with E-state index in [0.29, 0.717) is 13.0 Å². The van der Waals surface area contributed by atoms with Gasteiger partial charge >= 0.3 is 5.97 Å². The van der Waals surface area contributed by atoms with Crippen LogP contribution in [0, 0.1) is 0 Å². The van der Waals surface area contributed by atoms with Gasteiger partial charge < -0.3 is 19.9 Å². The lowest BCUT2D eigenvalue weighted by Crippen LogP contribution is -2.24. The van der Waals surface area contributed by atoms with Crippen LogP contribution in [-0.4, -0.2) is 35.9 Å². The summed E-state index contributed by atoms with van der Waals surface area (Å²) in [6.07, 6.45) is 0.835. The Morgan fingerprint density at radius 2 is 2.10 bits per heavy atom. The van der Waals surface area contributed by atoms with Gasteiger partial charge in [0.2, 0.25) is 0 Å². The van der Waals surface area contributed by atoms with Crippen LogP contribution in [0.2, 0.25) is 0 Å². The molecule has 1 heterocycles. The fourth-order valence-electron chi connectivity index (χ4n) is 2.19. The van der Waals surface area contributed by atoms with Crippen molar-refractivity contribution in [2.45, 2.75) is 45.0 Å². The Hall–Kier alpha value is -1.75. The standard InChI is InChI=1S/C15H21NO4/c1-10(2)19-12-5-3-11(4-6-12)16-9-13-7-8-14(20-13)15(17)18/h3-6,10,13-14,16H,7-9H2,1-2H3,(H,17,18). The molecule has 0 spiro atoms. The zero-order valence-corrected chi connectivity index (χ0v) is 11.8. The topological polar surface area (TPSA) is 67.8 Å². The van der Waals surface area contributed by atoms with Crippen LogP contribution in [0.3, 0.4) is 0 Å². The van der Waals surface area contributed by atoms with E-state index in [1.54, 1.807) is 0 Å². The molecule has 5 heteroatoms. The molecule has 2 atom stereocenters. The summed E-state index contributed by atoms with van der Waals surface area (Å²) >= 11 is 0. The normalized spacial score (nSPS) is 21.9. The van der Waals surface area contributed by atoms with Crippen LogP contribution in [0.15, 0.2) is 24.3 Å². The largest absolute Gasteiger partial charge is 0.491 e. The van der Waals surface area contributed by atoms with Crippen LogP contribution in [0.25, 0.3) is 0 Å². The molecule has 0 bridgehead atoms. The highest BCUT2D eigenvalue weighted by molar-refractivity contribution is 5.72. The Morgan fingerprint density at radius 1 is 1.40 bits per heavy atom. The molecular weight excluding hydrogens is 258 g/mol. The lowest BCUT2D eigenvalue weighted by atomic mass is 10.2. The molecule has 2 rings (SSSR count). The first kappa shape index (κ1) is 14.7. The summed E-state index contributed by atoms with van der Waals surface area (Å²) in [5, 5.41) is 12.1. The van der Waals surface area contributed by atoms with E-state index in [4.69, 9.17) is 14.6 Å².